The lowest BCUT2D eigenvalue weighted by Crippen LogP contribution is -2.41. The Hall–Kier alpha value is -1.47. The van der Waals surface area contributed by atoms with Gasteiger partial charge >= 0.3 is 7.12 Å². The minimum atomic E-state index is -0.993. The fourth-order valence-electron chi connectivity index (χ4n) is 2.31. The summed E-state index contributed by atoms with van der Waals surface area (Å²) in [6.45, 7) is 11.5. The van der Waals surface area contributed by atoms with Gasteiger partial charge in [0.1, 0.15) is 17.2 Å². The quantitative estimate of drug-likeness (QED) is 0.858. The predicted octanol–water partition coefficient (Wildman–Crippen LogP) is 2.65. The molecule has 132 valence electrons. The third-order valence-corrected chi connectivity index (χ3v) is 4.53. The van der Waals surface area contributed by atoms with Crippen molar-refractivity contribution in [3.05, 3.63) is 29.3 Å². The fraction of sp³-hybridized carbons (Fsp3) is 0.588. The molecule has 2 rings (SSSR count). The minimum Gasteiger partial charge on any atom is -0.399 e. The van der Waals surface area contributed by atoms with Gasteiger partial charge in [-0.05, 0) is 39.7 Å². The van der Waals surface area contributed by atoms with Crippen LogP contribution in [0.1, 0.15) is 51.9 Å². The average molecular weight is 339 g/mol. The molecule has 0 aromatic heterocycles. The van der Waals surface area contributed by atoms with Gasteiger partial charge < -0.3 is 14.6 Å². The summed E-state index contributed by atoms with van der Waals surface area (Å²) in [5, 5.41) is 2.53. The van der Waals surface area contributed by atoms with Crippen LogP contribution in [-0.4, -0.2) is 30.8 Å². The van der Waals surface area contributed by atoms with Crippen LogP contribution in [0.5, 0.6) is 0 Å². The first-order valence-corrected chi connectivity index (χ1v) is 8.08. The molecule has 1 saturated heterocycles. The lowest BCUT2D eigenvalue weighted by atomic mass is 9.77. The van der Waals surface area contributed by atoms with Gasteiger partial charge in [0, 0.05) is 12.0 Å². The molecule has 1 fully saturated rings. The van der Waals surface area contributed by atoms with Crippen LogP contribution in [0.3, 0.4) is 0 Å². The zero-order chi connectivity index (χ0) is 18.3. The van der Waals surface area contributed by atoms with Crippen molar-refractivity contribution in [2.75, 3.05) is 6.54 Å². The second-order valence-corrected chi connectivity index (χ2v) is 7.52. The molecule has 4 nitrogen and oxygen atoms in total. The number of carbonyl (C=O) groups is 1. The van der Waals surface area contributed by atoms with Crippen LogP contribution in [0, 0.1) is 17.6 Å². The smallest absolute Gasteiger partial charge is 0.399 e. The number of rotatable bonds is 4. The maximum atomic E-state index is 14.8. The Labute approximate surface area is 142 Å². The number of hydrogen-bond donors (Lipinski definition) is 1. The van der Waals surface area contributed by atoms with E-state index in [2.05, 4.69) is 5.32 Å². The Morgan fingerprint density at radius 2 is 1.71 bits per heavy atom. The van der Waals surface area contributed by atoms with Crippen LogP contribution >= 0.6 is 0 Å². The van der Waals surface area contributed by atoms with Crippen molar-refractivity contribution in [1.82, 2.24) is 5.32 Å². The maximum absolute atomic E-state index is 14.8. The molecule has 0 bridgehead atoms. The van der Waals surface area contributed by atoms with Gasteiger partial charge in [-0.3, -0.25) is 4.79 Å². The van der Waals surface area contributed by atoms with Crippen LogP contribution in [0.2, 0.25) is 0 Å². The van der Waals surface area contributed by atoms with Gasteiger partial charge in [0.15, 0.2) is 0 Å². The van der Waals surface area contributed by atoms with E-state index in [1.54, 1.807) is 0 Å². The molecule has 0 saturated carbocycles. The molecule has 1 aromatic carbocycles. The van der Waals surface area contributed by atoms with E-state index >= 15 is 0 Å². The first-order valence-electron chi connectivity index (χ1n) is 8.08. The van der Waals surface area contributed by atoms with Gasteiger partial charge in [-0.2, -0.15) is 0 Å². The van der Waals surface area contributed by atoms with Crippen molar-refractivity contribution in [3.8, 4) is 0 Å². The molecule has 0 unspecified atom stereocenters. The molecule has 1 aliphatic rings. The largest absolute Gasteiger partial charge is 0.497 e. The molecule has 1 amide bonds. The molecule has 24 heavy (non-hydrogen) atoms. The number of nitrogens with one attached hydrogen (secondary N) is 1. The van der Waals surface area contributed by atoms with Crippen LogP contribution in [-0.2, 0) is 9.31 Å². The first kappa shape index (κ1) is 18.9. The van der Waals surface area contributed by atoms with Gasteiger partial charge in [0.05, 0.1) is 11.2 Å². The van der Waals surface area contributed by atoms with Crippen LogP contribution in [0.25, 0.3) is 0 Å². The van der Waals surface area contributed by atoms with Crippen molar-refractivity contribution in [2.45, 2.75) is 52.7 Å². The Morgan fingerprint density at radius 3 is 2.21 bits per heavy atom. The van der Waals surface area contributed by atoms with Crippen LogP contribution in [0.15, 0.2) is 12.1 Å². The average Bonchev–Trinajstić information content (AvgIpc) is 2.65. The first-order chi connectivity index (χ1) is 11.0. The van der Waals surface area contributed by atoms with Gasteiger partial charge in [-0.25, -0.2) is 8.78 Å². The van der Waals surface area contributed by atoms with E-state index in [4.69, 9.17) is 9.31 Å². The number of carbonyl (C=O) groups excluding carboxylic acids is 1. The van der Waals surface area contributed by atoms with E-state index in [0.29, 0.717) is 6.54 Å². The highest BCUT2D eigenvalue weighted by Gasteiger charge is 2.52. The minimum absolute atomic E-state index is 0.0183. The highest BCUT2D eigenvalue weighted by atomic mass is 19.1. The van der Waals surface area contributed by atoms with Gasteiger partial charge in [-0.1, -0.05) is 19.9 Å². The van der Waals surface area contributed by atoms with E-state index < -0.39 is 41.4 Å². The Morgan fingerprint density at radius 1 is 1.17 bits per heavy atom. The molecule has 1 aromatic rings. The molecule has 1 N–H and O–H groups in total. The zero-order valence-electron chi connectivity index (χ0n) is 15.0. The molecule has 0 atom stereocenters. The normalized spacial score (nSPS) is 19.0. The summed E-state index contributed by atoms with van der Waals surface area (Å²) in [4.78, 5) is 12.1. The zero-order valence-corrected chi connectivity index (χ0v) is 15.0. The summed E-state index contributed by atoms with van der Waals surface area (Å²) in [6.07, 6.45) is 0. The SMILES string of the molecule is CC(C)CNC(=O)c1c(F)ccc(B2OC(C)(C)C(C)(C)O2)c1F. The highest BCUT2D eigenvalue weighted by molar-refractivity contribution is 6.62. The van der Waals surface area contributed by atoms with E-state index in [9.17, 15) is 13.6 Å². The van der Waals surface area contributed by atoms with Crippen molar-refractivity contribution in [1.29, 1.82) is 0 Å². The van der Waals surface area contributed by atoms with Crippen molar-refractivity contribution in [2.24, 2.45) is 5.92 Å². The molecule has 0 spiro atoms. The summed E-state index contributed by atoms with van der Waals surface area (Å²) in [6, 6.07) is 2.32. The molecule has 0 radical (unpaired) electrons. The summed E-state index contributed by atoms with van der Waals surface area (Å²) in [5.74, 6) is -2.47. The van der Waals surface area contributed by atoms with Crippen molar-refractivity contribution in [3.63, 3.8) is 0 Å². The summed E-state index contributed by atoms with van der Waals surface area (Å²) >= 11 is 0. The second-order valence-electron chi connectivity index (χ2n) is 7.52. The van der Waals surface area contributed by atoms with Gasteiger partial charge in [0.2, 0.25) is 0 Å². The Bertz CT molecular complexity index is 631. The molecular weight excluding hydrogens is 315 g/mol. The second kappa shape index (κ2) is 6.45. The van der Waals surface area contributed by atoms with Gasteiger partial charge in [0.25, 0.3) is 5.91 Å². The fourth-order valence-corrected chi connectivity index (χ4v) is 2.31. The predicted molar refractivity (Wildman–Crippen MR) is 89.2 cm³/mol. The topological polar surface area (TPSA) is 47.6 Å². The van der Waals surface area contributed by atoms with Crippen molar-refractivity contribution >= 4 is 18.5 Å². The third kappa shape index (κ3) is 3.47. The molecular formula is C17H24BF2NO3. The van der Waals surface area contributed by atoms with E-state index in [0.717, 1.165) is 6.07 Å². The molecule has 1 aliphatic heterocycles. The number of halogens is 2. The Kier molecular flexibility index (Phi) is 5.07. The summed E-state index contributed by atoms with van der Waals surface area (Å²) in [7, 11) is -0.993. The molecule has 7 heteroatoms. The molecule has 0 aliphatic carbocycles. The standard InChI is InChI=1S/C17H24BF2NO3/c1-10(2)9-21-15(22)13-12(19)8-7-11(14(13)20)18-23-16(3,4)17(5,6)24-18/h7-8,10H,9H2,1-6H3,(H,21,22). The van der Waals surface area contributed by atoms with Crippen LogP contribution < -0.4 is 10.8 Å². The number of amides is 1. The van der Waals surface area contributed by atoms with E-state index in [1.807, 2.05) is 41.5 Å². The van der Waals surface area contributed by atoms with E-state index in [-0.39, 0.29) is 11.4 Å². The Balaban J connectivity index is 2.34. The van der Waals surface area contributed by atoms with Crippen LogP contribution in [0.4, 0.5) is 8.78 Å². The lowest BCUT2D eigenvalue weighted by molar-refractivity contribution is 0.00578. The third-order valence-electron chi connectivity index (χ3n) is 4.53. The van der Waals surface area contributed by atoms with Gasteiger partial charge in [-0.15, -0.1) is 0 Å². The van der Waals surface area contributed by atoms with Crippen molar-refractivity contribution < 1.29 is 22.9 Å². The molecule has 1 heterocycles. The number of hydrogen-bond acceptors (Lipinski definition) is 3. The van der Waals surface area contributed by atoms with E-state index in [1.165, 1.54) is 6.07 Å². The maximum Gasteiger partial charge on any atom is 0.497 e. The summed E-state index contributed by atoms with van der Waals surface area (Å²) in [5.41, 5.74) is -1.90. The number of benzene rings is 1. The summed E-state index contributed by atoms with van der Waals surface area (Å²) < 4.78 is 40.4. The highest BCUT2D eigenvalue weighted by Crippen LogP contribution is 2.36. The monoisotopic (exact) mass is 339 g/mol. The lowest BCUT2D eigenvalue weighted by Gasteiger charge is -2.32.